The van der Waals surface area contributed by atoms with E-state index in [4.69, 9.17) is 4.74 Å². The van der Waals surface area contributed by atoms with Crippen molar-refractivity contribution in [3.8, 4) is 28.0 Å². The van der Waals surface area contributed by atoms with Crippen LogP contribution in [-0.4, -0.2) is 16.6 Å². The van der Waals surface area contributed by atoms with Crippen LogP contribution in [0.4, 0.5) is 0 Å². The maximum Gasteiger partial charge on any atom is 0.126 e. The summed E-state index contributed by atoms with van der Waals surface area (Å²) in [6.07, 6.45) is 0. The van der Waals surface area contributed by atoms with Crippen LogP contribution in [0.5, 0.6) is 5.75 Å². The molecule has 2 heteroatoms. The maximum absolute atomic E-state index is 5.78. The summed E-state index contributed by atoms with van der Waals surface area (Å²) in [6, 6.07) is 31.5. The van der Waals surface area contributed by atoms with E-state index in [0.717, 1.165) is 5.75 Å². The number of methoxy groups -OCH3 is 1. The van der Waals surface area contributed by atoms with Crippen LogP contribution < -0.4 is 4.74 Å². The summed E-state index contributed by atoms with van der Waals surface area (Å²) in [7, 11) is 1.22. The lowest BCUT2D eigenvalue weighted by Gasteiger charge is -2.20. The van der Waals surface area contributed by atoms with E-state index in [0.29, 0.717) is 11.1 Å². The van der Waals surface area contributed by atoms with E-state index in [1.165, 1.54) is 50.1 Å². The molecule has 4 aromatic rings. The first kappa shape index (κ1) is 17.7. The van der Waals surface area contributed by atoms with E-state index >= 15 is 0 Å². The second-order valence-corrected chi connectivity index (χ2v) is 10.6. The Hall–Kier alpha value is -3.10. The monoisotopic (exact) mass is 404 g/mol. The van der Waals surface area contributed by atoms with Gasteiger partial charge in [0.05, 0.1) is 7.11 Å². The Labute approximate surface area is 180 Å². The predicted octanol–water partition coefficient (Wildman–Crippen LogP) is 6.01. The molecule has 0 heterocycles. The molecule has 0 bridgehead atoms. The third-order valence-corrected chi connectivity index (χ3v) is 9.72. The first-order valence-corrected chi connectivity index (χ1v) is 12.4. The van der Waals surface area contributed by atoms with E-state index in [2.05, 4.69) is 91.9 Å². The summed E-state index contributed by atoms with van der Waals surface area (Å²) >= 11 is 0. The lowest BCUT2D eigenvalue weighted by atomic mass is 10.0. The molecule has 1 nitrogen and oxygen atoms in total. The Kier molecular flexibility index (Phi) is 3.97. The number of benzene rings is 4. The van der Waals surface area contributed by atoms with E-state index in [-0.39, 0.29) is 0 Å². The average Bonchev–Trinajstić information content (AvgIpc) is 3.28. The average molecular weight is 405 g/mol. The molecule has 0 aromatic heterocycles. The number of fused-ring (bicyclic) bond motifs is 6. The quantitative estimate of drug-likeness (QED) is 0.380. The van der Waals surface area contributed by atoms with Crippen LogP contribution >= 0.6 is 0 Å². The molecule has 2 aliphatic carbocycles. The number of aryl methyl sites for hydroxylation is 1. The molecule has 2 atom stereocenters. The van der Waals surface area contributed by atoms with Crippen molar-refractivity contribution in [1.29, 1.82) is 0 Å². The zero-order chi connectivity index (χ0) is 20.2. The van der Waals surface area contributed by atoms with Gasteiger partial charge in [0, 0.05) is 15.1 Å². The maximum atomic E-state index is 5.78. The molecule has 146 valence electrons. The number of ether oxygens (including phenoxy) is 1. The second kappa shape index (κ2) is 6.71. The smallest absolute Gasteiger partial charge is 0.126 e. The van der Waals surface area contributed by atoms with Gasteiger partial charge in [-0.3, -0.25) is 0 Å². The molecule has 2 aliphatic rings. The van der Waals surface area contributed by atoms with E-state index in [9.17, 15) is 0 Å². The highest BCUT2D eigenvalue weighted by Gasteiger charge is 2.37. The Morgan fingerprint density at radius 3 is 1.80 bits per heavy atom. The number of hydrogen-bond donors (Lipinski definition) is 0. The molecular weight excluding hydrogens is 380 g/mol. The molecule has 2 unspecified atom stereocenters. The van der Waals surface area contributed by atoms with Crippen LogP contribution in [0.25, 0.3) is 22.3 Å². The van der Waals surface area contributed by atoms with Crippen molar-refractivity contribution in [3.05, 3.63) is 113 Å². The summed E-state index contributed by atoms with van der Waals surface area (Å²) in [5.41, 5.74) is 14.1. The van der Waals surface area contributed by atoms with Gasteiger partial charge in [0.25, 0.3) is 0 Å². The van der Waals surface area contributed by atoms with Crippen LogP contribution in [0.3, 0.4) is 0 Å². The van der Waals surface area contributed by atoms with E-state index < -0.39 is 9.52 Å². The van der Waals surface area contributed by atoms with E-state index in [1.807, 2.05) is 0 Å². The van der Waals surface area contributed by atoms with Crippen LogP contribution in [0.1, 0.15) is 38.9 Å². The first-order chi connectivity index (χ1) is 14.8. The molecule has 0 saturated heterocycles. The molecule has 0 N–H and O–H groups in total. The minimum Gasteiger partial charge on any atom is -0.496 e. The third kappa shape index (κ3) is 2.40. The second-order valence-electron chi connectivity index (χ2n) is 8.48. The predicted molar refractivity (Wildman–Crippen MR) is 127 cm³/mol. The summed E-state index contributed by atoms with van der Waals surface area (Å²) in [5.74, 6) is 1.000. The van der Waals surface area contributed by atoms with Crippen molar-refractivity contribution in [2.75, 3.05) is 7.11 Å². The third-order valence-electron chi connectivity index (χ3n) is 7.02. The van der Waals surface area contributed by atoms with Crippen LogP contribution in [-0.2, 0) is 0 Å². The Morgan fingerprint density at radius 1 is 0.600 bits per heavy atom. The molecule has 0 radical (unpaired) electrons. The molecule has 4 aromatic carbocycles. The van der Waals surface area contributed by atoms with Crippen molar-refractivity contribution in [1.82, 2.24) is 0 Å². The van der Waals surface area contributed by atoms with Crippen molar-refractivity contribution in [2.24, 2.45) is 0 Å². The van der Waals surface area contributed by atoms with Gasteiger partial charge in [0.1, 0.15) is 5.75 Å². The first-order valence-electron chi connectivity index (χ1n) is 10.7. The topological polar surface area (TPSA) is 9.23 Å². The van der Waals surface area contributed by atoms with Crippen molar-refractivity contribution in [2.45, 2.75) is 18.0 Å². The highest BCUT2D eigenvalue weighted by atomic mass is 28.2. The van der Waals surface area contributed by atoms with Crippen LogP contribution in [0.2, 0.25) is 0 Å². The SMILES string of the molecule is COc1cccc2c1-c1ccccc1C2[SiH2]C1c2ccccc2-c2c(C)cccc21. The molecule has 0 aliphatic heterocycles. The zero-order valence-corrected chi connectivity index (χ0v) is 18.8. The van der Waals surface area contributed by atoms with Gasteiger partial charge < -0.3 is 4.74 Å². The fraction of sp³-hybridized carbons (Fsp3) is 0.143. The Morgan fingerprint density at radius 2 is 1.13 bits per heavy atom. The Balaban J connectivity index is 1.53. The molecule has 0 amide bonds. The van der Waals surface area contributed by atoms with Crippen LogP contribution in [0, 0.1) is 6.92 Å². The summed E-state index contributed by atoms with van der Waals surface area (Å²) in [6.45, 7) is 2.25. The normalized spacial score (nSPS) is 18.2. The van der Waals surface area contributed by atoms with E-state index in [1.54, 1.807) is 7.11 Å². The fourth-order valence-electron chi connectivity index (χ4n) is 5.78. The molecule has 6 rings (SSSR count). The molecule has 0 saturated carbocycles. The van der Waals surface area contributed by atoms with Crippen molar-refractivity contribution >= 4 is 9.52 Å². The molecular formula is C28H24OSi. The standard InChI is InChI=1S/C28H24OSi/c1-17-9-7-14-22-25(17)18-10-3-5-12-20(18)27(22)30-28-21-13-6-4-11-19(21)26-23(28)15-8-16-24(26)29-2/h3-16,27-28H,30H2,1-2H3. The van der Waals surface area contributed by atoms with Crippen molar-refractivity contribution in [3.63, 3.8) is 0 Å². The minimum atomic E-state index is -0.566. The van der Waals surface area contributed by atoms with Crippen LogP contribution in [0.15, 0.2) is 84.9 Å². The zero-order valence-electron chi connectivity index (χ0n) is 17.4. The minimum absolute atomic E-state index is 0.510. The molecule has 30 heavy (non-hydrogen) atoms. The van der Waals surface area contributed by atoms with Gasteiger partial charge in [0.15, 0.2) is 0 Å². The highest BCUT2D eigenvalue weighted by molar-refractivity contribution is 6.44. The lowest BCUT2D eigenvalue weighted by Crippen LogP contribution is -2.16. The number of hydrogen-bond acceptors (Lipinski definition) is 1. The van der Waals surface area contributed by atoms with Gasteiger partial charge >= 0.3 is 0 Å². The molecule has 0 fully saturated rings. The Bertz CT molecular complexity index is 1290. The lowest BCUT2D eigenvalue weighted by molar-refractivity contribution is 0.416. The summed E-state index contributed by atoms with van der Waals surface area (Å²) in [5, 5.41) is 0. The van der Waals surface area contributed by atoms with Gasteiger partial charge in [-0.25, -0.2) is 0 Å². The number of rotatable bonds is 3. The highest BCUT2D eigenvalue weighted by Crippen LogP contribution is 2.52. The van der Waals surface area contributed by atoms with Gasteiger partial charge in [-0.05, 0) is 68.6 Å². The molecule has 0 spiro atoms. The summed E-state index contributed by atoms with van der Waals surface area (Å²) < 4.78 is 5.78. The fourth-order valence-corrected chi connectivity index (χ4v) is 8.66. The largest absolute Gasteiger partial charge is 0.496 e. The van der Waals surface area contributed by atoms with Gasteiger partial charge in [-0.15, -0.1) is 0 Å². The van der Waals surface area contributed by atoms with Gasteiger partial charge in [-0.1, -0.05) is 78.9 Å². The summed E-state index contributed by atoms with van der Waals surface area (Å²) in [4.78, 5) is 0. The van der Waals surface area contributed by atoms with Gasteiger partial charge in [0.2, 0.25) is 0 Å². The van der Waals surface area contributed by atoms with Gasteiger partial charge in [-0.2, -0.15) is 0 Å². The van der Waals surface area contributed by atoms with Crippen molar-refractivity contribution < 1.29 is 4.74 Å².